The number of carbonyl (C=O) groups is 1. The molecule has 2 N–H and O–H groups in total. The molecule has 0 atom stereocenters. The number of aromatic nitrogens is 6. The number of ether oxygens (including phenoxy) is 1. The summed E-state index contributed by atoms with van der Waals surface area (Å²) in [7, 11) is 0. The molecule has 37 heavy (non-hydrogen) atoms. The molecule has 0 saturated carbocycles. The molecule has 1 amide bonds. The number of hydrogen-bond acceptors (Lipinski definition) is 7. The Bertz CT molecular complexity index is 1570. The van der Waals surface area contributed by atoms with Gasteiger partial charge in [-0.15, -0.1) is 11.3 Å². The zero-order valence-corrected chi connectivity index (χ0v) is 20.8. The fourth-order valence-corrected chi connectivity index (χ4v) is 5.41. The summed E-state index contributed by atoms with van der Waals surface area (Å²) in [6.07, 6.45) is 6.30. The first-order valence-corrected chi connectivity index (χ1v) is 12.7. The van der Waals surface area contributed by atoms with Crippen molar-refractivity contribution < 1.29 is 9.53 Å². The summed E-state index contributed by atoms with van der Waals surface area (Å²) in [6.45, 7) is 3.08. The Morgan fingerprint density at radius 3 is 2.78 bits per heavy atom. The highest BCUT2D eigenvalue weighted by Gasteiger charge is 2.24. The zero-order chi connectivity index (χ0) is 25.2. The first-order valence-electron chi connectivity index (χ1n) is 11.8. The van der Waals surface area contributed by atoms with Crippen molar-refractivity contribution in [3.63, 3.8) is 0 Å². The number of thiazole rings is 1. The molecule has 0 spiro atoms. The van der Waals surface area contributed by atoms with E-state index >= 15 is 0 Å². The average molecular weight is 510 g/mol. The topological polar surface area (TPSA) is 111 Å². The molecule has 0 bridgehead atoms. The summed E-state index contributed by atoms with van der Waals surface area (Å²) in [5.74, 6) is 0.583. The van der Waals surface area contributed by atoms with Crippen molar-refractivity contribution in [2.45, 2.75) is 26.5 Å². The third-order valence-corrected chi connectivity index (χ3v) is 7.10. The van der Waals surface area contributed by atoms with E-state index in [1.165, 1.54) is 0 Å². The number of hydrogen-bond donors (Lipinski definition) is 2. The number of anilines is 1. The van der Waals surface area contributed by atoms with E-state index in [2.05, 4.69) is 32.7 Å². The van der Waals surface area contributed by atoms with Gasteiger partial charge in [0.25, 0.3) is 0 Å². The second kappa shape index (κ2) is 9.82. The van der Waals surface area contributed by atoms with Crippen molar-refractivity contribution in [3.05, 3.63) is 84.0 Å². The normalized spacial score (nSPS) is 12.4. The van der Waals surface area contributed by atoms with Gasteiger partial charge < -0.3 is 4.74 Å². The van der Waals surface area contributed by atoms with Crippen LogP contribution in [0, 0.1) is 6.92 Å². The van der Waals surface area contributed by atoms with Crippen LogP contribution in [0.25, 0.3) is 38.6 Å². The van der Waals surface area contributed by atoms with Gasteiger partial charge in [0.05, 0.1) is 22.6 Å². The quantitative estimate of drug-likeness (QED) is 0.293. The van der Waals surface area contributed by atoms with E-state index in [0.717, 1.165) is 56.6 Å². The molecule has 1 aliphatic heterocycles. The Labute approximate surface area is 216 Å². The van der Waals surface area contributed by atoms with Gasteiger partial charge >= 0.3 is 6.09 Å². The van der Waals surface area contributed by atoms with E-state index in [9.17, 15) is 4.79 Å². The summed E-state index contributed by atoms with van der Waals surface area (Å²) >= 11 is 1.54. The van der Waals surface area contributed by atoms with Crippen LogP contribution in [0.15, 0.2) is 67.0 Å². The number of rotatable bonds is 6. The number of carbonyl (C=O) groups excluding carboxylic acids is 1. The Hall–Kier alpha value is -4.57. The van der Waals surface area contributed by atoms with Gasteiger partial charge in [0.1, 0.15) is 22.8 Å². The summed E-state index contributed by atoms with van der Waals surface area (Å²) in [5.41, 5.74) is 6.26. The molecule has 3 aromatic heterocycles. The van der Waals surface area contributed by atoms with Crippen LogP contribution in [0.5, 0.6) is 0 Å². The number of amides is 1. The summed E-state index contributed by atoms with van der Waals surface area (Å²) in [6, 6.07) is 17.1. The van der Waals surface area contributed by atoms with Gasteiger partial charge in [0, 0.05) is 17.8 Å². The second-order valence-electron chi connectivity index (χ2n) is 8.54. The van der Waals surface area contributed by atoms with E-state index < -0.39 is 6.09 Å². The van der Waals surface area contributed by atoms with Gasteiger partial charge in [-0.2, -0.15) is 10.2 Å². The van der Waals surface area contributed by atoms with E-state index in [4.69, 9.17) is 14.8 Å². The van der Waals surface area contributed by atoms with Crippen molar-refractivity contribution in [2.24, 2.45) is 0 Å². The van der Waals surface area contributed by atoms with Gasteiger partial charge in [-0.3, -0.25) is 15.1 Å². The molecular formula is C27H23N7O2S. The lowest BCUT2D eigenvalue weighted by Crippen LogP contribution is -2.13. The van der Waals surface area contributed by atoms with Crippen molar-refractivity contribution >= 4 is 29.2 Å². The third-order valence-electron chi connectivity index (χ3n) is 6.03. The number of benzene rings is 2. The number of aryl methyl sites for hydroxylation is 2. The average Bonchev–Trinajstić information content (AvgIpc) is 3.66. The first-order chi connectivity index (χ1) is 18.2. The Balaban J connectivity index is 1.27. The van der Waals surface area contributed by atoms with Gasteiger partial charge in [-0.05, 0) is 37.1 Å². The molecule has 184 valence electrons. The molecule has 10 heteroatoms. The predicted octanol–water partition coefficient (Wildman–Crippen LogP) is 5.93. The van der Waals surface area contributed by atoms with Crippen LogP contribution in [0.4, 0.5) is 10.5 Å². The highest BCUT2D eigenvalue weighted by molar-refractivity contribution is 7.18. The molecule has 5 aromatic rings. The minimum Gasteiger partial charge on any atom is -0.444 e. The monoisotopic (exact) mass is 509 g/mol. The van der Waals surface area contributed by atoms with E-state index in [-0.39, 0.29) is 6.61 Å². The van der Waals surface area contributed by atoms with E-state index in [1.807, 2.05) is 66.2 Å². The Kier molecular flexibility index (Phi) is 6.07. The van der Waals surface area contributed by atoms with Crippen molar-refractivity contribution in [2.75, 3.05) is 5.32 Å². The van der Waals surface area contributed by atoms with Crippen LogP contribution in [0.2, 0.25) is 0 Å². The highest BCUT2D eigenvalue weighted by Crippen LogP contribution is 2.42. The molecule has 6 rings (SSSR count). The molecule has 1 aliphatic rings. The Morgan fingerprint density at radius 1 is 1.16 bits per heavy atom. The predicted molar refractivity (Wildman–Crippen MR) is 143 cm³/mol. The molecule has 0 fully saturated rings. The smallest absolute Gasteiger partial charge is 0.411 e. The maximum atomic E-state index is 12.3. The van der Waals surface area contributed by atoms with Crippen LogP contribution in [-0.4, -0.2) is 36.0 Å². The number of aromatic amines is 1. The molecule has 0 aliphatic carbocycles. The molecule has 2 aromatic carbocycles. The van der Waals surface area contributed by atoms with Gasteiger partial charge in [0.2, 0.25) is 0 Å². The van der Waals surface area contributed by atoms with E-state index in [0.29, 0.717) is 11.5 Å². The molecular weight excluding hydrogens is 486 g/mol. The first kappa shape index (κ1) is 22.9. The van der Waals surface area contributed by atoms with Crippen LogP contribution >= 0.6 is 11.3 Å². The summed E-state index contributed by atoms with van der Waals surface area (Å²) < 4.78 is 7.36. The number of nitrogens with zero attached hydrogens (tertiary/aromatic N) is 5. The summed E-state index contributed by atoms with van der Waals surface area (Å²) in [4.78, 5) is 22.5. The van der Waals surface area contributed by atoms with Crippen molar-refractivity contribution in [3.8, 4) is 32.5 Å². The Morgan fingerprint density at radius 2 is 2.00 bits per heavy atom. The zero-order valence-electron chi connectivity index (χ0n) is 20.0. The second-order valence-corrected chi connectivity index (χ2v) is 9.54. The minimum atomic E-state index is -0.511. The minimum absolute atomic E-state index is 0.208. The van der Waals surface area contributed by atoms with Crippen molar-refractivity contribution in [1.82, 2.24) is 29.9 Å². The lowest BCUT2D eigenvalue weighted by molar-refractivity contribution is 0.155. The summed E-state index contributed by atoms with van der Waals surface area (Å²) in [5, 5.41) is 15.5. The fraction of sp³-hybridized carbons (Fsp3) is 0.148. The fourth-order valence-electron chi connectivity index (χ4n) is 4.28. The molecule has 0 radical (unpaired) electrons. The molecule has 0 saturated heterocycles. The molecule has 4 heterocycles. The van der Waals surface area contributed by atoms with Crippen LogP contribution in [-0.2, 0) is 17.9 Å². The number of fused-ring (bicyclic) bond motifs is 1. The van der Waals surface area contributed by atoms with Crippen LogP contribution in [0.1, 0.15) is 23.4 Å². The number of H-pyrrole nitrogens is 1. The lowest BCUT2D eigenvalue weighted by atomic mass is 10.1. The van der Waals surface area contributed by atoms with E-state index in [1.54, 1.807) is 17.7 Å². The SMILES string of the molecule is Cc1nn2c(c1-c1nc(-c3ccc(NC(=O)OCc4ccccc4)cc3)c(-c3nc[nH]n3)s1)C=CCC2. The van der Waals surface area contributed by atoms with Gasteiger partial charge in [0.15, 0.2) is 5.82 Å². The van der Waals surface area contributed by atoms with Gasteiger partial charge in [-0.25, -0.2) is 14.8 Å². The number of nitrogens with one attached hydrogen (secondary N) is 2. The van der Waals surface area contributed by atoms with Gasteiger partial charge in [-0.1, -0.05) is 48.5 Å². The lowest BCUT2D eigenvalue weighted by Gasteiger charge is -2.08. The largest absolute Gasteiger partial charge is 0.444 e. The standard InChI is InChI=1S/C27H23N7O2S/c1-17-22(21-9-5-6-14-34(21)33-17)26-31-23(24(37-26)25-28-16-29-32-25)19-10-12-20(13-11-19)30-27(35)36-15-18-7-3-2-4-8-18/h2-5,7-13,16H,6,14-15H2,1H3,(H,30,35)(H,28,29,32). The maximum Gasteiger partial charge on any atom is 0.411 e. The third kappa shape index (κ3) is 4.66. The molecule has 0 unspecified atom stereocenters. The number of allylic oxidation sites excluding steroid dienone is 1. The maximum absolute atomic E-state index is 12.3. The van der Waals surface area contributed by atoms with Crippen LogP contribution in [0.3, 0.4) is 0 Å². The highest BCUT2D eigenvalue weighted by atomic mass is 32.1. The van der Waals surface area contributed by atoms with Crippen molar-refractivity contribution in [1.29, 1.82) is 0 Å². The molecule has 9 nitrogen and oxygen atoms in total. The van der Waals surface area contributed by atoms with Crippen LogP contribution < -0.4 is 5.32 Å².